The summed E-state index contributed by atoms with van der Waals surface area (Å²) in [5.74, 6) is 6.21. The van der Waals surface area contributed by atoms with Crippen molar-refractivity contribution in [1.82, 2.24) is 0 Å². The Morgan fingerprint density at radius 3 is 1.09 bits per heavy atom. The normalized spacial score (nSPS) is 10.5. The van der Waals surface area contributed by atoms with Crippen molar-refractivity contribution in [2.24, 2.45) is 0 Å². The van der Waals surface area contributed by atoms with Gasteiger partial charge < -0.3 is 0 Å². The molecule has 0 saturated carbocycles. The predicted octanol–water partition coefficient (Wildman–Crippen LogP) is 8.07. The molecule has 0 heteroatoms. The number of unbranched alkanes of at least 4 members (excludes halogenated alkanes) is 17. The molecule has 0 aliphatic carbocycles. The molecule has 23 heavy (non-hydrogen) atoms. The van der Waals surface area contributed by atoms with Gasteiger partial charge in [-0.2, -0.15) is 0 Å². The van der Waals surface area contributed by atoms with Crippen LogP contribution < -0.4 is 0 Å². The molecule has 0 aromatic heterocycles. The summed E-state index contributed by atoms with van der Waals surface area (Å²) in [6, 6.07) is 0. The first-order valence-electron chi connectivity index (χ1n) is 10.5. The van der Waals surface area contributed by atoms with Crippen LogP contribution in [0, 0.1) is 25.7 Å². The Morgan fingerprint density at radius 1 is 0.391 bits per heavy atom. The zero-order valence-electron chi connectivity index (χ0n) is 15.8. The maximum atomic E-state index is 3.90. The van der Waals surface area contributed by atoms with Gasteiger partial charge in [0.2, 0.25) is 0 Å². The molecule has 0 bridgehead atoms. The van der Waals surface area contributed by atoms with Crippen molar-refractivity contribution in [2.75, 3.05) is 0 Å². The lowest BCUT2D eigenvalue weighted by Crippen LogP contribution is -1.83. The average Bonchev–Trinajstić information content (AvgIpc) is 2.57. The van der Waals surface area contributed by atoms with Gasteiger partial charge in [-0.1, -0.05) is 110 Å². The van der Waals surface area contributed by atoms with Crippen molar-refractivity contribution >= 4 is 0 Å². The summed E-state index contributed by atoms with van der Waals surface area (Å²) in [5, 5.41) is 0. The van der Waals surface area contributed by atoms with Gasteiger partial charge in [0.1, 0.15) is 0 Å². The molecule has 0 atom stereocenters. The van der Waals surface area contributed by atoms with Gasteiger partial charge in [-0.25, -0.2) is 0 Å². The van der Waals surface area contributed by atoms with E-state index in [1.165, 1.54) is 103 Å². The Morgan fingerprint density at radius 2 is 0.739 bits per heavy atom. The summed E-state index contributed by atoms with van der Waals surface area (Å²) >= 11 is 0. The Labute approximate surface area is 148 Å². The molecule has 0 spiro atoms. The number of rotatable bonds is 17. The van der Waals surface area contributed by atoms with Gasteiger partial charge in [-0.15, -0.1) is 11.8 Å². The third-order valence-electron chi connectivity index (χ3n) is 4.55. The number of hydrogen-bond donors (Lipinski definition) is 0. The highest BCUT2D eigenvalue weighted by atomic mass is 14.0. The molecule has 0 saturated heterocycles. The van der Waals surface area contributed by atoms with Gasteiger partial charge in [0, 0.05) is 12.8 Å². The molecular formula is C23H42. The molecule has 0 nitrogen and oxygen atoms in total. The fraction of sp³-hybridized carbons (Fsp3) is 0.826. The summed E-state index contributed by atoms with van der Waals surface area (Å²) < 4.78 is 0. The second kappa shape index (κ2) is 21.6. The van der Waals surface area contributed by atoms with Crippen LogP contribution in [0.4, 0.5) is 0 Å². The predicted molar refractivity (Wildman–Crippen MR) is 106 cm³/mol. The SMILES string of the molecule is [CH2]CC#CCCCCCCCCCCCCCCCCCC[CH2]. The highest BCUT2D eigenvalue weighted by molar-refractivity contribution is 4.98. The summed E-state index contributed by atoms with van der Waals surface area (Å²) in [6.45, 7) is 7.62. The summed E-state index contributed by atoms with van der Waals surface area (Å²) in [4.78, 5) is 0. The minimum Gasteiger partial charge on any atom is -0.103 e. The van der Waals surface area contributed by atoms with Crippen molar-refractivity contribution in [1.29, 1.82) is 0 Å². The van der Waals surface area contributed by atoms with Crippen LogP contribution in [-0.4, -0.2) is 0 Å². The molecule has 0 rings (SSSR count). The van der Waals surface area contributed by atoms with Crippen LogP contribution in [-0.2, 0) is 0 Å². The molecule has 0 amide bonds. The van der Waals surface area contributed by atoms with Crippen LogP contribution in [0.15, 0.2) is 0 Å². The molecule has 0 unspecified atom stereocenters. The van der Waals surface area contributed by atoms with E-state index in [4.69, 9.17) is 0 Å². The fourth-order valence-corrected chi connectivity index (χ4v) is 3.04. The largest absolute Gasteiger partial charge is 0.103 e. The smallest absolute Gasteiger partial charge is 0.00890 e. The Kier molecular flexibility index (Phi) is 21.1. The lowest BCUT2D eigenvalue weighted by atomic mass is 10.0. The highest BCUT2D eigenvalue weighted by Gasteiger charge is 1.94. The van der Waals surface area contributed by atoms with Crippen LogP contribution in [0.1, 0.15) is 122 Å². The molecule has 0 aromatic rings. The summed E-state index contributed by atoms with van der Waals surface area (Å²) in [6.07, 6.45) is 25.7. The van der Waals surface area contributed by atoms with Gasteiger partial charge in [0.15, 0.2) is 0 Å². The van der Waals surface area contributed by atoms with Gasteiger partial charge >= 0.3 is 0 Å². The van der Waals surface area contributed by atoms with Crippen LogP contribution >= 0.6 is 0 Å². The molecule has 2 radical (unpaired) electrons. The van der Waals surface area contributed by atoms with E-state index >= 15 is 0 Å². The highest BCUT2D eigenvalue weighted by Crippen LogP contribution is 2.14. The van der Waals surface area contributed by atoms with Crippen LogP contribution in [0.5, 0.6) is 0 Å². The Hall–Kier alpha value is -0.440. The van der Waals surface area contributed by atoms with E-state index in [2.05, 4.69) is 25.7 Å². The van der Waals surface area contributed by atoms with Crippen molar-refractivity contribution < 1.29 is 0 Å². The van der Waals surface area contributed by atoms with Crippen molar-refractivity contribution in [3.05, 3.63) is 13.8 Å². The maximum absolute atomic E-state index is 3.90. The third-order valence-corrected chi connectivity index (χ3v) is 4.55. The van der Waals surface area contributed by atoms with E-state index in [0.29, 0.717) is 0 Å². The molecule has 0 aliphatic rings. The standard InChI is InChI=1S/C23H42/c1-3-5-7-9-11-13-15-17-19-21-23-22-20-18-16-14-12-10-8-6-4-2/h1-5,7,9-23H2. The minimum absolute atomic E-state index is 0.761. The van der Waals surface area contributed by atoms with Gasteiger partial charge in [-0.3, -0.25) is 0 Å². The van der Waals surface area contributed by atoms with Crippen molar-refractivity contribution in [2.45, 2.75) is 122 Å². The maximum Gasteiger partial charge on any atom is 0.00890 e. The van der Waals surface area contributed by atoms with E-state index in [-0.39, 0.29) is 0 Å². The Bertz CT molecular complexity index is 255. The zero-order chi connectivity index (χ0) is 16.8. The van der Waals surface area contributed by atoms with E-state index in [1.54, 1.807) is 0 Å². The van der Waals surface area contributed by atoms with E-state index in [1.807, 2.05) is 0 Å². The summed E-state index contributed by atoms with van der Waals surface area (Å²) in [7, 11) is 0. The molecular weight excluding hydrogens is 276 g/mol. The Balaban J connectivity index is 2.97. The molecule has 0 heterocycles. The first-order valence-corrected chi connectivity index (χ1v) is 10.5. The first-order chi connectivity index (χ1) is 11.4. The quantitative estimate of drug-likeness (QED) is 0.188. The zero-order valence-corrected chi connectivity index (χ0v) is 15.8. The van der Waals surface area contributed by atoms with Gasteiger partial charge in [0.05, 0.1) is 0 Å². The van der Waals surface area contributed by atoms with E-state index in [0.717, 1.165) is 19.3 Å². The fourth-order valence-electron chi connectivity index (χ4n) is 3.04. The summed E-state index contributed by atoms with van der Waals surface area (Å²) in [5.41, 5.74) is 0. The molecule has 0 aliphatic heterocycles. The van der Waals surface area contributed by atoms with Crippen LogP contribution in [0.2, 0.25) is 0 Å². The topological polar surface area (TPSA) is 0 Å². The van der Waals surface area contributed by atoms with Gasteiger partial charge in [0.25, 0.3) is 0 Å². The van der Waals surface area contributed by atoms with Gasteiger partial charge in [-0.05, 0) is 13.3 Å². The lowest BCUT2D eigenvalue weighted by Gasteiger charge is -2.03. The van der Waals surface area contributed by atoms with Crippen molar-refractivity contribution in [3.8, 4) is 11.8 Å². The molecule has 0 aromatic carbocycles. The third kappa shape index (κ3) is 21.6. The first kappa shape index (κ1) is 22.6. The van der Waals surface area contributed by atoms with Crippen molar-refractivity contribution in [3.63, 3.8) is 0 Å². The van der Waals surface area contributed by atoms with Crippen LogP contribution in [0.25, 0.3) is 0 Å². The number of hydrogen-bond acceptors (Lipinski definition) is 0. The lowest BCUT2D eigenvalue weighted by molar-refractivity contribution is 0.529. The molecule has 0 N–H and O–H groups in total. The molecule has 134 valence electrons. The minimum atomic E-state index is 0.761. The average molecular weight is 319 g/mol. The van der Waals surface area contributed by atoms with E-state index in [9.17, 15) is 0 Å². The van der Waals surface area contributed by atoms with E-state index < -0.39 is 0 Å². The second-order valence-electron chi connectivity index (χ2n) is 6.86. The second-order valence-corrected chi connectivity index (χ2v) is 6.86. The molecule has 0 fully saturated rings. The van der Waals surface area contributed by atoms with Crippen LogP contribution in [0.3, 0.4) is 0 Å². The monoisotopic (exact) mass is 318 g/mol.